The number of aromatic nitrogens is 3. The van der Waals surface area contributed by atoms with E-state index in [0.717, 1.165) is 18.7 Å². The molecule has 3 rings (SSSR count). The summed E-state index contributed by atoms with van der Waals surface area (Å²) in [5.41, 5.74) is 0.931. The van der Waals surface area contributed by atoms with Crippen molar-refractivity contribution in [3.05, 3.63) is 24.2 Å². The second-order valence-corrected chi connectivity index (χ2v) is 6.38. The summed E-state index contributed by atoms with van der Waals surface area (Å²) in [6.45, 7) is 5.59. The highest BCUT2D eigenvalue weighted by molar-refractivity contribution is 5.76. The van der Waals surface area contributed by atoms with Crippen molar-refractivity contribution in [2.75, 3.05) is 13.1 Å². The fraction of sp³-hybridized carbons (Fsp3) is 0.562. The first-order valence-electron chi connectivity index (χ1n) is 7.77. The monoisotopic (exact) mass is 302 g/mol. The summed E-state index contributed by atoms with van der Waals surface area (Å²) in [4.78, 5) is 18.6. The van der Waals surface area contributed by atoms with E-state index in [0.29, 0.717) is 30.6 Å². The van der Waals surface area contributed by atoms with Gasteiger partial charge in [0.1, 0.15) is 0 Å². The number of rotatable bonds is 4. The van der Waals surface area contributed by atoms with Crippen LogP contribution in [-0.2, 0) is 11.8 Å². The second-order valence-electron chi connectivity index (χ2n) is 6.38. The average Bonchev–Trinajstić information content (AvgIpc) is 3.16. The Labute approximate surface area is 130 Å². The van der Waals surface area contributed by atoms with Gasteiger partial charge in [-0.2, -0.15) is 4.98 Å². The van der Waals surface area contributed by atoms with Crippen LogP contribution < -0.4 is 0 Å². The maximum atomic E-state index is 12.1. The van der Waals surface area contributed by atoms with Gasteiger partial charge in [0.2, 0.25) is 17.6 Å². The normalized spacial score (nSPS) is 18.4. The summed E-state index contributed by atoms with van der Waals surface area (Å²) in [5.74, 6) is 2.00. The molecule has 6 nitrogen and oxygen atoms in total. The van der Waals surface area contributed by atoms with E-state index in [1.807, 2.05) is 34.8 Å². The fourth-order valence-electron chi connectivity index (χ4n) is 2.87. The number of hydrogen-bond donors (Lipinski definition) is 0. The van der Waals surface area contributed by atoms with Crippen molar-refractivity contribution in [1.29, 1.82) is 0 Å². The van der Waals surface area contributed by atoms with Gasteiger partial charge in [-0.25, -0.2) is 0 Å². The van der Waals surface area contributed by atoms with E-state index in [1.54, 1.807) is 0 Å². The van der Waals surface area contributed by atoms with E-state index in [-0.39, 0.29) is 11.8 Å². The SMILES string of the molecule is CC(C)CC(=O)N1CCC(c2nc(-c3cccn3C)no2)C1. The van der Waals surface area contributed by atoms with Crippen LogP contribution in [0.15, 0.2) is 22.9 Å². The van der Waals surface area contributed by atoms with Crippen LogP contribution in [0.2, 0.25) is 0 Å². The van der Waals surface area contributed by atoms with Gasteiger partial charge in [0, 0.05) is 32.8 Å². The number of likely N-dealkylation sites (tertiary alicyclic amines) is 1. The van der Waals surface area contributed by atoms with Crippen LogP contribution in [0.1, 0.15) is 38.5 Å². The molecule has 1 saturated heterocycles. The minimum atomic E-state index is 0.151. The van der Waals surface area contributed by atoms with Crippen molar-refractivity contribution in [1.82, 2.24) is 19.6 Å². The minimum Gasteiger partial charge on any atom is -0.348 e. The van der Waals surface area contributed by atoms with Gasteiger partial charge in [0.25, 0.3) is 0 Å². The molecular weight excluding hydrogens is 280 g/mol. The number of nitrogens with zero attached hydrogens (tertiary/aromatic N) is 4. The van der Waals surface area contributed by atoms with Crippen molar-refractivity contribution in [2.24, 2.45) is 13.0 Å². The van der Waals surface area contributed by atoms with Crippen LogP contribution in [0.5, 0.6) is 0 Å². The zero-order valence-electron chi connectivity index (χ0n) is 13.3. The Hall–Kier alpha value is -2.11. The molecule has 1 atom stereocenters. The molecule has 3 heterocycles. The third kappa shape index (κ3) is 2.91. The third-order valence-corrected chi connectivity index (χ3v) is 4.09. The van der Waals surface area contributed by atoms with Crippen molar-refractivity contribution in [2.45, 2.75) is 32.6 Å². The minimum absolute atomic E-state index is 0.151. The lowest BCUT2D eigenvalue weighted by molar-refractivity contribution is -0.130. The van der Waals surface area contributed by atoms with Crippen LogP contribution in [0.3, 0.4) is 0 Å². The number of carbonyl (C=O) groups excluding carboxylic acids is 1. The highest BCUT2D eigenvalue weighted by atomic mass is 16.5. The first kappa shape index (κ1) is 14.8. The summed E-state index contributed by atoms with van der Waals surface area (Å²) in [6, 6.07) is 3.91. The van der Waals surface area contributed by atoms with Crippen LogP contribution in [0.4, 0.5) is 0 Å². The topological polar surface area (TPSA) is 64.2 Å². The third-order valence-electron chi connectivity index (χ3n) is 4.09. The van der Waals surface area contributed by atoms with Crippen molar-refractivity contribution in [3.63, 3.8) is 0 Å². The molecule has 0 saturated carbocycles. The van der Waals surface area contributed by atoms with E-state index in [9.17, 15) is 4.79 Å². The molecule has 0 spiro atoms. The molecule has 1 unspecified atom stereocenters. The highest BCUT2D eigenvalue weighted by Gasteiger charge is 2.31. The molecule has 0 aromatic carbocycles. The summed E-state index contributed by atoms with van der Waals surface area (Å²) in [7, 11) is 1.95. The lowest BCUT2D eigenvalue weighted by atomic mass is 10.1. The summed E-state index contributed by atoms with van der Waals surface area (Å²) < 4.78 is 7.38. The van der Waals surface area contributed by atoms with Crippen LogP contribution >= 0.6 is 0 Å². The predicted molar refractivity (Wildman–Crippen MR) is 82.1 cm³/mol. The van der Waals surface area contributed by atoms with E-state index < -0.39 is 0 Å². The van der Waals surface area contributed by atoms with Gasteiger partial charge in [-0.3, -0.25) is 4.79 Å². The zero-order valence-corrected chi connectivity index (χ0v) is 13.3. The van der Waals surface area contributed by atoms with E-state index in [1.165, 1.54) is 0 Å². The van der Waals surface area contributed by atoms with Gasteiger partial charge in [0.05, 0.1) is 11.6 Å². The second kappa shape index (κ2) is 5.94. The Morgan fingerprint density at radius 2 is 2.32 bits per heavy atom. The predicted octanol–water partition coefficient (Wildman–Crippen LogP) is 2.44. The van der Waals surface area contributed by atoms with Gasteiger partial charge in [0.15, 0.2) is 0 Å². The molecule has 0 N–H and O–H groups in total. The molecule has 1 amide bonds. The molecule has 1 aliphatic rings. The molecule has 0 radical (unpaired) electrons. The van der Waals surface area contributed by atoms with Gasteiger partial charge in [-0.05, 0) is 24.5 Å². The highest BCUT2D eigenvalue weighted by Crippen LogP contribution is 2.28. The Morgan fingerprint density at radius 1 is 1.50 bits per heavy atom. The summed E-state index contributed by atoms with van der Waals surface area (Å²) in [6.07, 6.45) is 3.44. The van der Waals surface area contributed by atoms with Gasteiger partial charge in [-0.1, -0.05) is 19.0 Å². The molecule has 1 aliphatic heterocycles. The first-order valence-corrected chi connectivity index (χ1v) is 7.77. The molecular formula is C16H22N4O2. The van der Waals surface area contributed by atoms with E-state index in [2.05, 4.69) is 24.0 Å². The number of hydrogen-bond acceptors (Lipinski definition) is 4. The Balaban J connectivity index is 1.68. The maximum absolute atomic E-state index is 12.1. The number of amides is 1. The smallest absolute Gasteiger partial charge is 0.231 e. The van der Waals surface area contributed by atoms with Gasteiger partial charge in [-0.15, -0.1) is 0 Å². The first-order chi connectivity index (χ1) is 10.5. The largest absolute Gasteiger partial charge is 0.348 e. The van der Waals surface area contributed by atoms with Crippen LogP contribution in [0, 0.1) is 5.92 Å². The molecule has 0 bridgehead atoms. The lowest BCUT2D eigenvalue weighted by Gasteiger charge is -2.16. The Morgan fingerprint density at radius 3 is 3.00 bits per heavy atom. The molecule has 1 fully saturated rings. The Bertz CT molecular complexity index is 659. The summed E-state index contributed by atoms with van der Waals surface area (Å²) >= 11 is 0. The van der Waals surface area contributed by atoms with E-state index in [4.69, 9.17) is 4.52 Å². The molecule has 2 aromatic heterocycles. The molecule has 118 valence electrons. The average molecular weight is 302 g/mol. The van der Waals surface area contributed by atoms with Crippen molar-refractivity contribution in [3.8, 4) is 11.5 Å². The van der Waals surface area contributed by atoms with Crippen LogP contribution in [0.25, 0.3) is 11.5 Å². The van der Waals surface area contributed by atoms with Gasteiger partial charge >= 0.3 is 0 Å². The standard InChI is InChI=1S/C16H22N4O2/c1-11(2)9-14(21)20-8-6-12(10-20)16-17-15(18-22-16)13-5-4-7-19(13)3/h4-5,7,11-12H,6,8-10H2,1-3H3. The summed E-state index contributed by atoms with van der Waals surface area (Å²) in [5, 5.41) is 4.07. The zero-order chi connectivity index (χ0) is 15.7. The molecule has 2 aromatic rings. The molecule has 6 heteroatoms. The van der Waals surface area contributed by atoms with E-state index >= 15 is 0 Å². The number of carbonyl (C=O) groups is 1. The maximum Gasteiger partial charge on any atom is 0.231 e. The fourth-order valence-corrected chi connectivity index (χ4v) is 2.87. The van der Waals surface area contributed by atoms with Crippen molar-refractivity contribution >= 4 is 5.91 Å². The quantitative estimate of drug-likeness (QED) is 0.870. The lowest BCUT2D eigenvalue weighted by Crippen LogP contribution is -2.29. The Kier molecular flexibility index (Phi) is 4.00. The van der Waals surface area contributed by atoms with Crippen molar-refractivity contribution < 1.29 is 9.32 Å². The van der Waals surface area contributed by atoms with Crippen LogP contribution in [-0.4, -0.2) is 38.6 Å². The van der Waals surface area contributed by atoms with Gasteiger partial charge < -0.3 is 14.0 Å². The number of aryl methyl sites for hydroxylation is 1. The molecule has 22 heavy (non-hydrogen) atoms. The molecule has 0 aliphatic carbocycles.